The molecule has 0 aromatic heterocycles. The van der Waals surface area contributed by atoms with E-state index in [-0.39, 0.29) is 29.1 Å². The Balaban J connectivity index is 2.45. The molecule has 0 saturated heterocycles. The Hall–Kier alpha value is -2.10. The zero-order valence-electron chi connectivity index (χ0n) is 11.3. The molecule has 3 N–H and O–H groups in total. The van der Waals surface area contributed by atoms with Crippen LogP contribution in [0.4, 0.5) is 5.69 Å². The Kier molecular flexibility index (Phi) is 4.69. The highest BCUT2D eigenvalue weighted by atomic mass is 32.2. The van der Waals surface area contributed by atoms with E-state index in [0.29, 0.717) is 11.1 Å². The molecule has 118 valence electrons. The van der Waals surface area contributed by atoms with Crippen molar-refractivity contribution in [2.45, 2.75) is 11.3 Å². The number of anilines is 1. The molecule has 0 spiro atoms. The Morgan fingerprint density at radius 3 is 2.59 bits per heavy atom. The Labute approximate surface area is 128 Å². The van der Waals surface area contributed by atoms with E-state index in [1.807, 2.05) is 0 Å². The summed E-state index contributed by atoms with van der Waals surface area (Å²) >= 11 is 0. The molecule has 0 unspecified atom stereocenters. The predicted octanol–water partition coefficient (Wildman–Crippen LogP) is 1.12. The second-order valence-corrected chi connectivity index (χ2v) is 6.69. The first kappa shape index (κ1) is 16.3. The topological polar surface area (TPSA) is 124 Å². The first-order valence-electron chi connectivity index (χ1n) is 6.12. The van der Waals surface area contributed by atoms with Gasteiger partial charge >= 0.3 is 0 Å². The van der Waals surface area contributed by atoms with Crippen molar-refractivity contribution in [2.75, 3.05) is 12.3 Å². The first-order valence-corrected chi connectivity index (χ1v) is 8.70. The van der Waals surface area contributed by atoms with Crippen molar-refractivity contribution in [3.05, 3.63) is 30.3 Å². The normalized spacial score (nSPS) is 11.3. The fourth-order valence-corrected chi connectivity index (χ4v) is 2.94. The third-order valence-corrected chi connectivity index (χ3v) is 4.23. The first-order chi connectivity index (χ1) is 10.3. The highest BCUT2D eigenvalue weighted by Gasteiger charge is 2.16. The van der Waals surface area contributed by atoms with Gasteiger partial charge in [0.15, 0.2) is 0 Å². The highest BCUT2D eigenvalue weighted by Crippen LogP contribution is 2.30. The van der Waals surface area contributed by atoms with Gasteiger partial charge in [-0.2, -0.15) is 16.8 Å². The van der Waals surface area contributed by atoms with Gasteiger partial charge in [0.1, 0.15) is 10.6 Å². The molecule has 0 bridgehead atoms. The van der Waals surface area contributed by atoms with Crippen molar-refractivity contribution in [1.29, 1.82) is 0 Å². The third kappa shape index (κ3) is 3.97. The molecule has 0 aliphatic carbocycles. The smallest absolute Gasteiger partial charge is 0.295 e. The van der Waals surface area contributed by atoms with Gasteiger partial charge in [-0.3, -0.25) is 4.55 Å². The summed E-state index contributed by atoms with van der Waals surface area (Å²) in [6.07, 6.45) is 0.150. The zero-order valence-corrected chi connectivity index (χ0v) is 12.9. The number of hydrogen-bond acceptors (Lipinski definition) is 6. The second-order valence-electron chi connectivity index (χ2n) is 4.44. The molecular weight excluding hydrogens is 330 g/mol. The number of rotatable bonds is 5. The molecule has 9 heteroatoms. The van der Waals surface area contributed by atoms with Crippen molar-refractivity contribution in [3.8, 4) is 5.75 Å². The molecule has 0 heterocycles. The van der Waals surface area contributed by atoms with E-state index in [4.69, 9.17) is 10.5 Å². The Bertz CT molecular complexity index is 940. The summed E-state index contributed by atoms with van der Waals surface area (Å²) < 4.78 is 58.4. The molecule has 0 amide bonds. The van der Waals surface area contributed by atoms with Crippen molar-refractivity contribution in [1.82, 2.24) is 0 Å². The fourth-order valence-electron chi connectivity index (χ4n) is 1.93. The Morgan fingerprint density at radius 2 is 1.95 bits per heavy atom. The summed E-state index contributed by atoms with van der Waals surface area (Å²) in [6.45, 7) is 0.0549. The average molecular weight is 343 g/mol. The van der Waals surface area contributed by atoms with Crippen LogP contribution in [0, 0.1) is 0 Å². The standard InChI is InChI=1S/C13H13NO6S2/c14-10-3-2-9-6-11(20-4-1-5-21(15)16)8-13(12(9)7-10)22(17,18)19/h2-3,5-8H,1,4,14H2,(H,17,18,19). The van der Waals surface area contributed by atoms with Crippen molar-refractivity contribution in [3.63, 3.8) is 0 Å². The highest BCUT2D eigenvalue weighted by molar-refractivity contribution is 7.86. The maximum atomic E-state index is 11.5. The maximum absolute atomic E-state index is 11.5. The molecule has 7 nitrogen and oxygen atoms in total. The van der Waals surface area contributed by atoms with Crippen LogP contribution in [-0.4, -0.2) is 33.4 Å². The minimum absolute atomic E-state index is 0.0549. The van der Waals surface area contributed by atoms with Crippen molar-refractivity contribution >= 4 is 42.2 Å². The van der Waals surface area contributed by atoms with Gasteiger partial charge in [0.2, 0.25) is 10.3 Å². The third-order valence-electron chi connectivity index (χ3n) is 2.83. The SMILES string of the molecule is Nc1ccc2cc(OCCC=S(=O)=O)cc(S(=O)(=O)O)c2c1. The summed E-state index contributed by atoms with van der Waals surface area (Å²) in [7, 11) is -6.73. The van der Waals surface area contributed by atoms with Gasteiger partial charge in [0.05, 0.1) is 6.61 Å². The molecule has 0 atom stereocenters. The van der Waals surface area contributed by atoms with E-state index in [0.717, 1.165) is 5.37 Å². The Morgan fingerprint density at radius 1 is 1.23 bits per heavy atom. The van der Waals surface area contributed by atoms with Crippen LogP contribution in [0.2, 0.25) is 0 Å². The molecular formula is C13H13NO6S2. The van der Waals surface area contributed by atoms with Gasteiger partial charge in [0.25, 0.3) is 10.1 Å². The number of hydrogen-bond donors (Lipinski definition) is 2. The lowest BCUT2D eigenvalue weighted by Crippen LogP contribution is -2.03. The lowest BCUT2D eigenvalue weighted by molar-refractivity contribution is 0.330. The van der Waals surface area contributed by atoms with Gasteiger partial charge in [-0.1, -0.05) is 6.07 Å². The van der Waals surface area contributed by atoms with Gasteiger partial charge in [-0.05, 0) is 23.6 Å². The number of nitrogen functional groups attached to an aromatic ring is 1. The van der Waals surface area contributed by atoms with Crippen LogP contribution in [0.25, 0.3) is 10.8 Å². The summed E-state index contributed by atoms with van der Waals surface area (Å²) in [5.74, 6) is 0.204. The van der Waals surface area contributed by atoms with Crippen LogP contribution in [0.5, 0.6) is 5.75 Å². The lowest BCUT2D eigenvalue weighted by Gasteiger charge is -2.10. The number of ether oxygens (including phenoxy) is 1. The molecule has 0 aliphatic rings. The number of fused-ring (bicyclic) bond motifs is 1. The summed E-state index contributed by atoms with van der Waals surface area (Å²) in [6, 6.07) is 7.39. The maximum Gasteiger partial charge on any atom is 0.295 e. The fraction of sp³-hybridized carbons (Fsp3) is 0.154. The van der Waals surface area contributed by atoms with Gasteiger partial charge < -0.3 is 10.5 Å². The largest absolute Gasteiger partial charge is 0.493 e. The van der Waals surface area contributed by atoms with Crippen LogP contribution < -0.4 is 10.5 Å². The zero-order chi connectivity index (χ0) is 16.3. The molecule has 0 radical (unpaired) electrons. The van der Waals surface area contributed by atoms with Crippen molar-refractivity contribution in [2.24, 2.45) is 0 Å². The molecule has 0 aliphatic heterocycles. The lowest BCUT2D eigenvalue weighted by atomic mass is 10.1. The van der Waals surface area contributed by atoms with Crippen molar-refractivity contribution < 1.29 is 26.1 Å². The molecule has 2 aromatic rings. The summed E-state index contributed by atoms with van der Waals surface area (Å²) in [5, 5.41) is 1.84. The summed E-state index contributed by atoms with van der Waals surface area (Å²) in [4.78, 5) is -0.316. The number of benzene rings is 2. The average Bonchev–Trinajstić information content (AvgIpc) is 2.41. The van der Waals surface area contributed by atoms with E-state index >= 15 is 0 Å². The minimum atomic E-state index is -4.45. The molecule has 0 saturated carbocycles. The van der Waals surface area contributed by atoms with Gasteiger partial charge in [-0.25, -0.2) is 0 Å². The van der Waals surface area contributed by atoms with Crippen LogP contribution in [0.3, 0.4) is 0 Å². The molecule has 2 rings (SSSR count). The predicted molar refractivity (Wildman–Crippen MR) is 83.3 cm³/mol. The van der Waals surface area contributed by atoms with Crippen LogP contribution in [0.15, 0.2) is 35.2 Å². The van der Waals surface area contributed by atoms with Crippen LogP contribution in [-0.2, 0) is 20.4 Å². The second kappa shape index (κ2) is 6.34. The van der Waals surface area contributed by atoms with E-state index < -0.39 is 20.4 Å². The van der Waals surface area contributed by atoms with Gasteiger partial charge in [-0.15, -0.1) is 0 Å². The van der Waals surface area contributed by atoms with E-state index in [9.17, 15) is 21.4 Å². The van der Waals surface area contributed by atoms with E-state index in [1.54, 1.807) is 18.2 Å². The van der Waals surface area contributed by atoms with Crippen LogP contribution >= 0.6 is 0 Å². The summed E-state index contributed by atoms with van der Waals surface area (Å²) in [5.41, 5.74) is 5.99. The monoisotopic (exact) mass is 343 g/mol. The molecule has 2 aromatic carbocycles. The number of nitrogens with two attached hydrogens (primary N) is 1. The van der Waals surface area contributed by atoms with Crippen LogP contribution in [0.1, 0.15) is 6.42 Å². The molecule has 0 fully saturated rings. The van der Waals surface area contributed by atoms with E-state index in [2.05, 4.69) is 0 Å². The van der Waals surface area contributed by atoms with Gasteiger partial charge in [0, 0.05) is 28.9 Å². The molecule has 22 heavy (non-hydrogen) atoms. The minimum Gasteiger partial charge on any atom is -0.493 e. The van der Waals surface area contributed by atoms with E-state index in [1.165, 1.54) is 12.1 Å². The quantitative estimate of drug-likeness (QED) is 0.361.